The van der Waals surface area contributed by atoms with Crippen LogP contribution in [0.4, 0.5) is 0 Å². The van der Waals surface area contributed by atoms with Crippen molar-refractivity contribution in [2.45, 2.75) is 0 Å². The first-order chi connectivity index (χ1) is 11.7. The van der Waals surface area contributed by atoms with Gasteiger partial charge in [-0.05, 0) is 24.3 Å². The number of nitrogens with zero attached hydrogens (tertiary/aromatic N) is 2. The standard InChI is InChI=1S/C18H13N3O3/c22-9-1-2-12-3-5-13(6-4-12)17-10-14(18(23)21-24)15-11-19-8-7-16(15)20-17/h3-8,10-11,22,24H,9H2,(H,21,23). The Morgan fingerprint density at radius 3 is 2.71 bits per heavy atom. The van der Waals surface area contributed by atoms with E-state index in [9.17, 15) is 4.79 Å². The van der Waals surface area contributed by atoms with E-state index in [-0.39, 0.29) is 12.2 Å². The normalized spacial score (nSPS) is 10.1. The van der Waals surface area contributed by atoms with Crippen molar-refractivity contribution in [3.63, 3.8) is 0 Å². The highest BCUT2D eigenvalue weighted by Gasteiger charge is 2.13. The van der Waals surface area contributed by atoms with Crippen LogP contribution in [0.25, 0.3) is 22.2 Å². The molecule has 0 aliphatic heterocycles. The minimum absolute atomic E-state index is 0.193. The summed E-state index contributed by atoms with van der Waals surface area (Å²) in [6.07, 6.45) is 3.12. The largest absolute Gasteiger partial charge is 0.384 e. The van der Waals surface area contributed by atoms with E-state index in [0.29, 0.717) is 16.6 Å². The predicted octanol–water partition coefficient (Wildman–Crippen LogP) is 1.76. The number of nitrogens with one attached hydrogen (secondary N) is 1. The molecule has 0 atom stereocenters. The molecule has 0 unspecified atom stereocenters. The lowest BCUT2D eigenvalue weighted by Crippen LogP contribution is -2.19. The molecule has 0 radical (unpaired) electrons. The number of hydroxylamine groups is 1. The smallest absolute Gasteiger partial charge is 0.275 e. The zero-order valence-electron chi connectivity index (χ0n) is 12.5. The van der Waals surface area contributed by atoms with Gasteiger partial charge in [0.05, 0.1) is 16.8 Å². The van der Waals surface area contributed by atoms with E-state index in [1.807, 2.05) is 24.3 Å². The second-order valence-electron chi connectivity index (χ2n) is 4.93. The van der Waals surface area contributed by atoms with Crippen LogP contribution in [0, 0.1) is 11.8 Å². The molecule has 0 spiro atoms. The van der Waals surface area contributed by atoms with E-state index in [4.69, 9.17) is 10.3 Å². The van der Waals surface area contributed by atoms with Crippen LogP contribution in [-0.2, 0) is 0 Å². The van der Waals surface area contributed by atoms with Crippen LogP contribution in [0.1, 0.15) is 15.9 Å². The molecule has 0 aliphatic carbocycles. The van der Waals surface area contributed by atoms with E-state index in [1.165, 1.54) is 6.20 Å². The molecule has 2 heterocycles. The lowest BCUT2D eigenvalue weighted by molar-refractivity contribution is 0.0708. The van der Waals surface area contributed by atoms with Gasteiger partial charge in [-0.3, -0.25) is 15.0 Å². The topological polar surface area (TPSA) is 95.3 Å². The van der Waals surface area contributed by atoms with Crippen molar-refractivity contribution in [3.8, 4) is 23.1 Å². The van der Waals surface area contributed by atoms with Gasteiger partial charge >= 0.3 is 0 Å². The minimum atomic E-state index is -0.623. The SMILES string of the molecule is O=C(NO)c1cc(-c2ccc(C#CCO)cc2)nc2ccncc12. The van der Waals surface area contributed by atoms with E-state index >= 15 is 0 Å². The highest BCUT2D eigenvalue weighted by molar-refractivity contribution is 6.06. The number of carbonyl (C=O) groups is 1. The first-order valence-electron chi connectivity index (χ1n) is 7.12. The van der Waals surface area contributed by atoms with Crippen molar-refractivity contribution in [3.05, 3.63) is 59.9 Å². The van der Waals surface area contributed by atoms with Crippen LogP contribution < -0.4 is 5.48 Å². The molecule has 6 heteroatoms. The number of aromatic nitrogens is 2. The highest BCUT2D eigenvalue weighted by atomic mass is 16.5. The Morgan fingerprint density at radius 2 is 2.00 bits per heavy atom. The number of carbonyl (C=O) groups excluding carboxylic acids is 1. The number of amides is 1. The fraction of sp³-hybridized carbons (Fsp3) is 0.0556. The van der Waals surface area contributed by atoms with Gasteiger partial charge < -0.3 is 5.11 Å². The van der Waals surface area contributed by atoms with Crippen molar-refractivity contribution >= 4 is 16.8 Å². The maximum atomic E-state index is 11.9. The molecule has 6 nitrogen and oxygen atoms in total. The Bertz CT molecular complexity index is 957. The Balaban J connectivity index is 2.11. The summed E-state index contributed by atoms with van der Waals surface area (Å²) in [4.78, 5) is 20.5. The van der Waals surface area contributed by atoms with Gasteiger partial charge in [0.2, 0.25) is 0 Å². The molecule has 0 bridgehead atoms. The fourth-order valence-corrected chi connectivity index (χ4v) is 2.33. The highest BCUT2D eigenvalue weighted by Crippen LogP contribution is 2.24. The van der Waals surface area contributed by atoms with Crippen LogP contribution in [0.15, 0.2) is 48.8 Å². The molecule has 2 aromatic heterocycles. The first kappa shape index (κ1) is 15.6. The summed E-state index contributed by atoms with van der Waals surface area (Å²) >= 11 is 0. The third-order valence-electron chi connectivity index (χ3n) is 3.45. The average molecular weight is 319 g/mol. The van der Waals surface area contributed by atoms with Crippen LogP contribution in [0.3, 0.4) is 0 Å². The number of hydrogen-bond acceptors (Lipinski definition) is 5. The molecule has 3 N–H and O–H groups in total. The van der Waals surface area contributed by atoms with Crippen LogP contribution in [0.2, 0.25) is 0 Å². The van der Waals surface area contributed by atoms with Crippen molar-refractivity contribution in [2.75, 3.05) is 6.61 Å². The van der Waals surface area contributed by atoms with Gasteiger partial charge in [0, 0.05) is 28.9 Å². The molecule has 0 fully saturated rings. The van der Waals surface area contributed by atoms with Crippen LogP contribution >= 0.6 is 0 Å². The van der Waals surface area contributed by atoms with Gasteiger partial charge in [0.1, 0.15) is 6.61 Å². The summed E-state index contributed by atoms with van der Waals surface area (Å²) in [5.74, 6) is 4.77. The quantitative estimate of drug-likeness (QED) is 0.380. The summed E-state index contributed by atoms with van der Waals surface area (Å²) in [6.45, 7) is -0.193. The Morgan fingerprint density at radius 1 is 1.21 bits per heavy atom. The number of aliphatic hydroxyl groups is 1. The second kappa shape index (κ2) is 6.87. The van der Waals surface area contributed by atoms with Crippen molar-refractivity contribution in [1.29, 1.82) is 0 Å². The molecule has 0 saturated carbocycles. The summed E-state index contributed by atoms with van der Waals surface area (Å²) in [5, 5.41) is 18.2. The first-order valence-corrected chi connectivity index (χ1v) is 7.12. The zero-order valence-corrected chi connectivity index (χ0v) is 12.5. The van der Waals surface area contributed by atoms with Crippen molar-refractivity contribution in [2.24, 2.45) is 0 Å². The molecule has 1 aromatic carbocycles. The summed E-state index contributed by atoms with van der Waals surface area (Å²) in [7, 11) is 0. The monoisotopic (exact) mass is 319 g/mol. The number of rotatable bonds is 2. The zero-order chi connectivity index (χ0) is 16.9. The molecule has 3 aromatic rings. The number of hydrogen-bond donors (Lipinski definition) is 3. The predicted molar refractivity (Wildman–Crippen MR) is 88.2 cm³/mol. The third-order valence-corrected chi connectivity index (χ3v) is 3.45. The molecule has 118 valence electrons. The summed E-state index contributed by atoms with van der Waals surface area (Å²) in [6, 6.07) is 10.6. The van der Waals surface area contributed by atoms with Crippen molar-refractivity contribution < 1.29 is 15.1 Å². The molecule has 0 saturated heterocycles. The maximum Gasteiger partial charge on any atom is 0.275 e. The number of benzene rings is 1. The third kappa shape index (κ3) is 3.08. The molecule has 3 rings (SSSR count). The Labute approximate surface area is 137 Å². The number of pyridine rings is 2. The average Bonchev–Trinajstić information content (AvgIpc) is 2.65. The van der Waals surface area contributed by atoms with Gasteiger partial charge in [-0.2, -0.15) is 0 Å². The van der Waals surface area contributed by atoms with Crippen LogP contribution in [0.5, 0.6) is 0 Å². The number of fused-ring (bicyclic) bond motifs is 1. The van der Waals surface area contributed by atoms with Crippen molar-refractivity contribution in [1.82, 2.24) is 15.4 Å². The Hall–Kier alpha value is -3.27. The molecule has 1 amide bonds. The molecular formula is C18H13N3O3. The van der Waals surface area contributed by atoms with Gasteiger partial charge in [0.15, 0.2) is 0 Å². The second-order valence-corrected chi connectivity index (χ2v) is 4.93. The lowest BCUT2D eigenvalue weighted by atomic mass is 10.0. The minimum Gasteiger partial charge on any atom is -0.384 e. The number of aliphatic hydroxyl groups excluding tert-OH is 1. The Kier molecular flexibility index (Phi) is 4.47. The molecular weight excluding hydrogens is 306 g/mol. The van der Waals surface area contributed by atoms with E-state index in [0.717, 1.165) is 11.1 Å². The van der Waals surface area contributed by atoms with Gasteiger partial charge in [0.25, 0.3) is 5.91 Å². The van der Waals surface area contributed by atoms with Gasteiger partial charge in [-0.25, -0.2) is 10.5 Å². The van der Waals surface area contributed by atoms with Crippen LogP contribution in [-0.4, -0.2) is 32.8 Å². The maximum absolute atomic E-state index is 11.9. The summed E-state index contributed by atoms with van der Waals surface area (Å²) < 4.78 is 0. The van der Waals surface area contributed by atoms with E-state index in [2.05, 4.69) is 21.8 Å². The fourth-order valence-electron chi connectivity index (χ4n) is 2.33. The van der Waals surface area contributed by atoms with E-state index < -0.39 is 5.91 Å². The van der Waals surface area contributed by atoms with Gasteiger partial charge in [-0.1, -0.05) is 24.0 Å². The van der Waals surface area contributed by atoms with Gasteiger partial charge in [-0.15, -0.1) is 0 Å². The molecule has 24 heavy (non-hydrogen) atoms. The summed E-state index contributed by atoms with van der Waals surface area (Å²) in [5.41, 5.74) is 4.70. The molecule has 0 aliphatic rings. The lowest BCUT2D eigenvalue weighted by Gasteiger charge is -2.08. The van der Waals surface area contributed by atoms with E-state index in [1.54, 1.807) is 23.8 Å².